The average Bonchev–Trinajstić information content (AvgIpc) is 3.53. The molecular formula is C30H33Cl2N5O5. The van der Waals surface area contributed by atoms with Crippen LogP contribution in [0.5, 0.6) is 5.75 Å². The highest BCUT2D eigenvalue weighted by Gasteiger charge is 2.41. The van der Waals surface area contributed by atoms with Crippen molar-refractivity contribution < 1.29 is 23.4 Å². The van der Waals surface area contributed by atoms with Crippen LogP contribution in [0.4, 0.5) is 10.5 Å². The van der Waals surface area contributed by atoms with Crippen LogP contribution < -0.4 is 9.64 Å². The Morgan fingerprint density at radius 1 is 1.05 bits per heavy atom. The lowest BCUT2D eigenvalue weighted by Gasteiger charge is -2.36. The van der Waals surface area contributed by atoms with E-state index in [0.29, 0.717) is 45.1 Å². The Bertz CT molecular complexity index is 1450. The molecule has 42 heavy (non-hydrogen) atoms. The van der Waals surface area contributed by atoms with Crippen molar-refractivity contribution in [2.45, 2.75) is 32.1 Å². The van der Waals surface area contributed by atoms with E-state index in [1.54, 1.807) is 26.2 Å². The number of hydrogen-bond acceptors (Lipinski definition) is 10. The predicted molar refractivity (Wildman–Crippen MR) is 161 cm³/mol. The summed E-state index contributed by atoms with van der Waals surface area (Å²) in [5.74, 6) is 0.409. The predicted octanol–water partition coefficient (Wildman–Crippen LogP) is 6.32. The maximum absolute atomic E-state index is 12.9. The molecule has 2 atom stereocenters. The topological polar surface area (TPSA) is 103 Å². The SMILES string of the molecule is COc1ccccc1N1CCN(CCCOC(=O)OC2=C(C)N=C(C)C(c3nnco3)C2c2cccc(Cl)c2Cl)CC1. The van der Waals surface area contributed by atoms with Crippen molar-refractivity contribution in [2.75, 3.05) is 51.3 Å². The van der Waals surface area contributed by atoms with Crippen LogP contribution in [-0.4, -0.2) is 73.4 Å². The minimum absolute atomic E-state index is 0.218. The maximum Gasteiger partial charge on any atom is 0.513 e. The molecule has 2 aliphatic rings. The third-order valence-electron chi connectivity index (χ3n) is 7.56. The minimum atomic E-state index is -0.812. The van der Waals surface area contributed by atoms with Gasteiger partial charge in [-0.3, -0.25) is 9.89 Å². The van der Waals surface area contributed by atoms with Crippen molar-refractivity contribution in [2.24, 2.45) is 4.99 Å². The summed E-state index contributed by atoms with van der Waals surface area (Å²) in [5.41, 5.74) is 2.99. The molecule has 0 spiro atoms. The van der Waals surface area contributed by atoms with Crippen molar-refractivity contribution in [1.82, 2.24) is 15.1 Å². The van der Waals surface area contributed by atoms with E-state index in [-0.39, 0.29) is 6.61 Å². The number of para-hydroxylation sites is 2. The van der Waals surface area contributed by atoms with Gasteiger partial charge in [0.25, 0.3) is 0 Å². The van der Waals surface area contributed by atoms with Gasteiger partial charge in [0.1, 0.15) is 11.5 Å². The highest BCUT2D eigenvalue weighted by Crippen LogP contribution is 2.47. The van der Waals surface area contributed by atoms with Crippen LogP contribution in [0.1, 0.15) is 43.6 Å². The van der Waals surface area contributed by atoms with Crippen LogP contribution >= 0.6 is 23.2 Å². The molecule has 222 valence electrons. The zero-order valence-electron chi connectivity index (χ0n) is 23.8. The monoisotopic (exact) mass is 613 g/mol. The Kier molecular flexibility index (Phi) is 9.66. The molecule has 10 nitrogen and oxygen atoms in total. The van der Waals surface area contributed by atoms with Crippen LogP contribution in [-0.2, 0) is 9.47 Å². The van der Waals surface area contributed by atoms with E-state index < -0.39 is 18.0 Å². The number of anilines is 1. The fourth-order valence-corrected chi connectivity index (χ4v) is 5.96. The summed E-state index contributed by atoms with van der Waals surface area (Å²) in [6, 6.07) is 13.4. The Morgan fingerprint density at radius 2 is 1.83 bits per heavy atom. The molecule has 1 fully saturated rings. The Hall–Kier alpha value is -3.60. The second-order valence-corrected chi connectivity index (χ2v) is 10.9. The van der Waals surface area contributed by atoms with E-state index in [4.69, 9.17) is 41.8 Å². The zero-order valence-corrected chi connectivity index (χ0v) is 25.3. The molecule has 0 amide bonds. The number of aliphatic imine (C=N–C) groups is 1. The number of benzene rings is 2. The van der Waals surface area contributed by atoms with Crippen molar-refractivity contribution in [3.05, 3.63) is 81.8 Å². The fourth-order valence-electron chi connectivity index (χ4n) is 5.53. The van der Waals surface area contributed by atoms with Gasteiger partial charge >= 0.3 is 6.16 Å². The molecule has 3 aromatic rings. The molecule has 3 heterocycles. The van der Waals surface area contributed by atoms with Crippen LogP contribution in [0.3, 0.4) is 0 Å². The summed E-state index contributed by atoms with van der Waals surface area (Å²) in [7, 11) is 1.69. The average molecular weight is 615 g/mol. The summed E-state index contributed by atoms with van der Waals surface area (Å²) in [6.45, 7) is 8.25. The molecule has 1 aromatic heterocycles. The Morgan fingerprint density at radius 3 is 2.57 bits per heavy atom. The number of methoxy groups -OCH3 is 1. The van der Waals surface area contributed by atoms with Gasteiger partial charge in [-0.25, -0.2) is 4.79 Å². The van der Waals surface area contributed by atoms with E-state index in [9.17, 15) is 4.79 Å². The first-order valence-corrected chi connectivity index (χ1v) is 14.5. The summed E-state index contributed by atoms with van der Waals surface area (Å²) >= 11 is 13.0. The highest BCUT2D eigenvalue weighted by molar-refractivity contribution is 6.42. The Labute approximate surface area is 254 Å². The molecule has 0 saturated carbocycles. The van der Waals surface area contributed by atoms with Crippen LogP contribution in [0.25, 0.3) is 0 Å². The molecule has 2 aromatic carbocycles. The van der Waals surface area contributed by atoms with Crippen LogP contribution in [0.15, 0.2) is 69.7 Å². The molecule has 0 aliphatic carbocycles. The number of carbonyl (C=O) groups is 1. The third kappa shape index (κ3) is 6.56. The summed E-state index contributed by atoms with van der Waals surface area (Å²) < 4.78 is 22.4. The number of rotatable bonds is 9. The molecule has 2 aliphatic heterocycles. The van der Waals surface area contributed by atoms with E-state index in [2.05, 4.69) is 31.1 Å². The van der Waals surface area contributed by atoms with Gasteiger partial charge in [-0.2, -0.15) is 0 Å². The number of carbonyl (C=O) groups excluding carboxylic acids is 1. The second-order valence-electron chi connectivity index (χ2n) is 10.1. The van der Waals surface area contributed by atoms with Crippen molar-refractivity contribution in [1.29, 1.82) is 0 Å². The van der Waals surface area contributed by atoms with Crippen LogP contribution in [0, 0.1) is 0 Å². The first kappa shape index (κ1) is 29.9. The van der Waals surface area contributed by atoms with Gasteiger partial charge in [-0.1, -0.05) is 47.5 Å². The number of halogens is 2. The lowest BCUT2D eigenvalue weighted by molar-refractivity contribution is 0.0676. The highest BCUT2D eigenvalue weighted by atomic mass is 35.5. The number of ether oxygens (including phenoxy) is 3. The lowest BCUT2D eigenvalue weighted by Crippen LogP contribution is -2.46. The van der Waals surface area contributed by atoms with E-state index in [1.807, 2.05) is 31.2 Å². The molecule has 5 rings (SSSR count). The molecule has 0 bridgehead atoms. The minimum Gasteiger partial charge on any atom is -0.495 e. The number of aromatic nitrogens is 2. The van der Waals surface area contributed by atoms with Crippen molar-refractivity contribution in [3.63, 3.8) is 0 Å². The quantitative estimate of drug-likeness (QED) is 0.202. The van der Waals surface area contributed by atoms with Gasteiger partial charge in [0.15, 0.2) is 0 Å². The largest absolute Gasteiger partial charge is 0.513 e. The standard InChI is InChI=1S/C30H33Cl2N5O5/c1-19-25(29-35-33-18-41-29)26(21-8-6-9-22(31)27(21)32)28(20(2)34-19)42-30(38)40-17-7-12-36-13-15-37(16-14-36)23-10-4-5-11-24(23)39-3/h4-6,8-11,18,25-26H,7,12-17H2,1-3H3. The summed E-state index contributed by atoms with van der Waals surface area (Å²) in [5, 5.41) is 8.66. The first-order chi connectivity index (χ1) is 20.4. The van der Waals surface area contributed by atoms with Crippen molar-refractivity contribution >= 4 is 40.8 Å². The van der Waals surface area contributed by atoms with Gasteiger partial charge in [0.2, 0.25) is 12.3 Å². The number of hydrogen-bond donors (Lipinski definition) is 0. The van der Waals surface area contributed by atoms with Gasteiger partial charge in [0.05, 0.1) is 47.0 Å². The van der Waals surface area contributed by atoms with E-state index in [0.717, 1.165) is 44.2 Å². The van der Waals surface area contributed by atoms with E-state index >= 15 is 0 Å². The van der Waals surface area contributed by atoms with Gasteiger partial charge in [-0.05, 0) is 44.0 Å². The van der Waals surface area contributed by atoms with Gasteiger partial charge in [0, 0.05) is 38.4 Å². The molecule has 0 radical (unpaired) electrons. The van der Waals surface area contributed by atoms with E-state index in [1.165, 1.54) is 6.39 Å². The van der Waals surface area contributed by atoms with Crippen molar-refractivity contribution in [3.8, 4) is 5.75 Å². The fraction of sp³-hybridized carbons (Fsp3) is 0.400. The third-order valence-corrected chi connectivity index (χ3v) is 8.39. The second kappa shape index (κ2) is 13.6. The number of nitrogens with zero attached hydrogens (tertiary/aromatic N) is 5. The lowest BCUT2D eigenvalue weighted by atomic mass is 9.79. The smallest absolute Gasteiger partial charge is 0.495 e. The Balaban J connectivity index is 1.19. The first-order valence-electron chi connectivity index (χ1n) is 13.8. The number of piperazine rings is 1. The van der Waals surface area contributed by atoms with Gasteiger partial charge in [-0.15, -0.1) is 10.2 Å². The zero-order chi connectivity index (χ0) is 29.6. The molecule has 0 N–H and O–H groups in total. The molecule has 12 heteroatoms. The normalized spacial score (nSPS) is 19.5. The summed E-state index contributed by atoms with van der Waals surface area (Å²) in [4.78, 5) is 22.2. The summed E-state index contributed by atoms with van der Waals surface area (Å²) in [6.07, 6.45) is 1.11. The number of allylic oxidation sites excluding steroid dienone is 2. The molecule has 2 unspecified atom stereocenters. The molecule has 1 saturated heterocycles. The molecular weight excluding hydrogens is 581 g/mol. The van der Waals surface area contributed by atoms with Gasteiger partial charge < -0.3 is 23.5 Å². The van der Waals surface area contributed by atoms with Crippen LogP contribution in [0.2, 0.25) is 10.0 Å². The maximum atomic E-state index is 12.9.